The van der Waals surface area contributed by atoms with Crippen molar-refractivity contribution in [3.63, 3.8) is 0 Å². The highest BCUT2D eigenvalue weighted by Gasteiger charge is 2.44. The van der Waals surface area contributed by atoms with Gasteiger partial charge in [-0.2, -0.15) is 5.26 Å². The summed E-state index contributed by atoms with van der Waals surface area (Å²) in [6, 6.07) is 17.4. The van der Waals surface area contributed by atoms with E-state index in [9.17, 15) is 5.26 Å². The fraction of sp³-hybridized carbons (Fsp3) is 0.316. The molecular weight excluding hydrogens is 242 g/mol. The van der Waals surface area contributed by atoms with E-state index in [0.717, 1.165) is 5.56 Å². The zero-order chi connectivity index (χ0) is 13.6. The van der Waals surface area contributed by atoms with E-state index >= 15 is 0 Å². The zero-order valence-corrected chi connectivity index (χ0v) is 11.5. The predicted octanol–water partition coefficient (Wildman–Crippen LogP) is 4.79. The molecule has 0 N–H and O–H groups in total. The van der Waals surface area contributed by atoms with Crippen LogP contribution in [0, 0.1) is 11.3 Å². The van der Waals surface area contributed by atoms with Crippen molar-refractivity contribution in [1.82, 2.24) is 0 Å². The monoisotopic (exact) mass is 259 g/mol. The van der Waals surface area contributed by atoms with Crippen molar-refractivity contribution in [2.45, 2.75) is 37.5 Å². The van der Waals surface area contributed by atoms with Gasteiger partial charge in [-0.3, -0.25) is 0 Å². The van der Waals surface area contributed by atoms with Gasteiger partial charge in [-0.1, -0.05) is 55.7 Å². The van der Waals surface area contributed by atoms with E-state index < -0.39 is 0 Å². The molecule has 2 aliphatic carbocycles. The van der Waals surface area contributed by atoms with Crippen LogP contribution in [-0.4, -0.2) is 0 Å². The molecule has 4 rings (SSSR count). The number of benzene rings is 2. The first kappa shape index (κ1) is 11.7. The summed E-state index contributed by atoms with van der Waals surface area (Å²) in [5.74, 6) is 0. The van der Waals surface area contributed by atoms with Crippen molar-refractivity contribution in [3.8, 4) is 17.2 Å². The maximum atomic E-state index is 9.54. The van der Waals surface area contributed by atoms with Crippen LogP contribution in [0.4, 0.5) is 0 Å². The second-order valence-electron chi connectivity index (χ2n) is 6.03. The summed E-state index contributed by atoms with van der Waals surface area (Å²) < 4.78 is 0. The highest BCUT2D eigenvalue weighted by atomic mass is 14.5. The fourth-order valence-electron chi connectivity index (χ4n) is 4.33. The second kappa shape index (κ2) is 4.21. The lowest BCUT2D eigenvalue weighted by molar-refractivity contribution is 0.352. The van der Waals surface area contributed by atoms with Gasteiger partial charge in [0.1, 0.15) is 0 Å². The Morgan fingerprint density at radius 2 is 1.60 bits per heavy atom. The molecule has 1 fully saturated rings. The minimum atomic E-state index is 0.108. The molecule has 2 aromatic carbocycles. The fourth-order valence-corrected chi connectivity index (χ4v) is 4.33. The van der Waals surface area contributed by atoms with Crippen LogP contribution in [0.15, 0.2) is 42.5 Å². The van der Waals surface area contributed by atoms with E-state index in [2.05, 4.69) is 36.4 Å². The summed E-state index contributed by atoms with van der Waals surface area (Å²) in [7, 11) is 0. The Bertz CT molecular complexity index is 715. The molecule has 0 aliphatic heterocycles. The average molecular weight is 259 g/mol. The quantitative estimate of drug-likeness (QED) is 0.667. The average Bonchev–Trinajstić information content (AvgIpc) is 2.80. The highest BCUT2D eigenvalue weighted by Crippen LogP contribution is 2.56. The van der Waals surface area contributed by atoms with Crippen molar-refractivity contribution >= 4 is 0 Å². The molecule has 0 radical (unpaired) electrons. The molecule has 2 aliphatic rings. The molecule has 2 aromatic rings. The van der Waals surface area contributed by atoms with Gasteiger partial charge in [0.15, 0.2) is 0 Å². The molecule has 0 atom stereocenters. The molecular formula is C19H17N. The first-order valence-corrected chi connectivity index (χ1v) is 7.50. The van der Waals surface area contributed by atoms with E-state index in [1.54, 1.807) is 0 Å². The predicted molar refractivity (Wildman–Crippen MR) is 80.5 cm³/mol. The van der Waals surface area contributed by atoms with Crippen molar-refractivity contribution in [2.24, 2.45) is 0 Å². The van der Waals surface area contributed by atoms with Crippen molar-refractivity contribution in [1.29, 1.82) is 5.26 Å². The van der Waals surface area contributed by atoms with Gasteiger partial charge in [-0.15, -0.1) is 0 Å². The van der Waals surface area contributed by atoms with E-state index in [1.807, 2.05) is 12.1 Å². The van der Waals surface area contributed by atoms with Gasteiger partial charge in [0, 0.05) is 5.41 Å². The zero-order valence-electron chi connectivity index (χ0n) is 11.5. The summed E-state index contributed by atoms with van der Waals surface area (Å²) in [5.41, 5.74) is 6.39. The Balaban J connectivity index is 2.08. The molecule has 0 aromatic heterocycles. The maximum absolute atomic E-state index is 9.54. The van der Waals surface area contributed by atoms with Crippen LogP contribution >= 0.6 is 0 Å². The van der Waals surface area contributed by atoms with Crippen LogP contribution in [0.2, 0.25) is 0 Å². The molecule has 0 unspecified atom stereocenters. The van der Waals surface area contributed by atoms with Crippen LogP contribution in [0.5, 0.6) is 0 Å². The number of hydrogen-bond donors (Lipinski definition) is 0. The summed E-state index contributed by atoms with van der Waals surface area (Å²) in [5, 5.41) is 9.54. The molecule has 98 valence electrons. The lowest BCUT2D eigenvalue weighted by atomic mass is 9.67. The van der Waals surface area contributed by atoms with Gasteiger partial charge in [-0.05, 0) is 41.2 Å². The highest BCUT2D eigenvalue weighted by molar-refractivity contribution is 5.83. The second-order valence-corrected chi connectivity index (χ2v) is 6.03. The van der Waals surface area contributed by atoms with Crippen LogP contribution in [0.3, 0.4) is 0 Å². The number of nitrogens with zero attached hydrogens (tertiary/aromatic N) is 1. The van der Waals surface area contributed by atoms with Crippen molar-refractivity contribution in [3.05, 3.63) is 59.2 Å². The first-order valence-electron chi connectivity index (χ1n) is 7.50. The van der Waals surface area contributed by atoms with Crippen LogP contribution < -0.4 is 0 Å². The molecule has 0 amide bonds. The van der Waals surface area contributed by atoms with Crippen molar-refractivity contribution in [2.75, 3.05) is 0 Å². The first-order chi connectivity index (χ1) is 9.87. The Morgan fingerprint density at radius 1 is 0.850 bits per heavy atom. The van der Waals surface area contributed by atoms with Gasteiger partial charge in [0.25, 0.3) is 0 Å². The Labute approximate surface area is 119 Å². The minimum Gasteiger partial charge on any atom is -0.192 e. The van der Waals surface area contributed by atoms with Gasteiger partial charge in [0.05, 0.1) is 11.6 Å². The van der Waals surface area contributed by atoms with Gasteiger partial charge < -0.3 is 0 Å². The van der Waals surface area contributed by atoms with E-state index in [0.29, 0.717) is 0 Å². The standard InChI is InChI=1S/C19H17N/c20-13-14-7-6-9-16-15-8-2-3-10-17(15)19(18(14)16)11-4-1-5-12-19/h2-3,6-10H,1,4-5,11-12H2. The molecule has 0 saturated heterocycles. The molecule has 1 spiro atoms. The normalized spacial score (nSPS) is 18.4. The minimum absolute atomic E-state index is 0.108. The molecule has 0 bridgehead atoms. The topological polar surface area (TPSA) is 23.8 Å². The van der Waals surface area contributed by atoms with Crippen LogP contribution in [-0.2, 0) is 5.41 Å². The third-order valence-electron chi connectivity index (χ3n) is 5.10. The number of rotatable bonds is 0. The van der Waals surface area contributed by atoms with Gasteiger partial charge >= 0.3 is 0 Å². The van der Waals surface area contributed by atoms with Gasteiger partial charge in [0.2, 0.25) is 0 Å². The molecule has 0 heterocycles. The van der Waals surface area contributed by atoms with Crippen LogP contribution in [0.25, 0.3) is 11.1 Å². The Morgan fingerprint density at radius 3 is 2.40 bits per heavy atom. The number of nitriles is 1. The van der Waals surface area contributed by atoms with Crippen LogP contribution in [0.1, 0.15) is 48.8 Å². The molecule has 1 nitrogen and oxygen atoms in total. The van der Waals surface area contributed by atoms with Crippen molar-refractivity contribution < 1.29 is 0 Å². The summed E-state index contributed by atoms with van der Waals surface area (Å²) in [6.07, 6.45) is 6.25. The SMILES string of the molecule is N#Cc1cccc2c1C1(CCCCC1)c1ccccc1-2. The van der Waals surface area contributed by atoms with Gasteiger partial charge in [-0.25, -0.2) is 0 Å². The molecule has 20 heavy (non-hydrogen) atoms. The summed E-state index contributed by atoms with van der Waals surface area (Å²) >= 11 is 0. The lowest BCUT2D eigenvalue weighted by Crippen LogP contribution is -2.28. The smallest absolute Gasteiger partial charge is 0.0995 e. The third-order valence-corrected chi connectivity index (χ3v) is 5.10. The van der Waals surface area contributed by atoms with E-state index in [-0.39, 0.29) is 5.41 Å². The van der Waals surface area contributed by atoms with E-state index in [4.69, 9.17) is 0 Å². The largest absolute Gasteiger partial charge is 0.192 e. The summed E-state index contributed by atoms with van der Waals surface area (Å²) in [4.78, 5) is 0. The van der Waals surface area contributed by atoms with E-state index in [1.165, 1.54) is 54.4 Å². The maximum Gasteiger partial charge on any atom is 0.0995 e. The molecule has 1 heteroatoms. The molecule has 1 saturated carbocycles. The number of hydrogen-bond acceptors (Lipinski definition) is 1. The number of fused-ring (bicyclic) bond motifs is 5. The Kier molecular flexibility index (Phi) is 2.47. The Hall–Kier alpha value is -2.07. The summed E-state index contributed by atoms with van der Waals surface area (Å²) in [6.45, 7) is 0. The lowest BCUT2D eigenvalue weighted by Gasteiger charge is -2.36. The third kappa shape index (κ3) is 1.37.